The second kappa shape index (κ2) is 6.03. The number of carbonyl (C=O) groups is 2. The molecule has 0 heterocycles. The van der Waals surface area contributed by atoms with Gasteiger partial charge in [-0.3, -0.25) is 4.79 Å². The molecule has 92 valence electrons. The Morgan fingerprint density at radius 3 is 2.53 bits per heavy atom. The number of carbonyl (C=O) groups excluding carboxylic acids is 2. The molecule has 0 unspecified atom stereocenters. The first-order valence-corrected chi connectivity index (χ1v) is 5.57. The fraction of sp³-hybridized carbons (Fsp3) is 0.385. The summed E-state index contributed by atoms with van der Waals surface area (Å²) in [7, 11) is 0. The maximum atomic E-state index is 11.6. The van der Waals surface area contributed by atoms with Gasteiger partial charge in [-0.25, -0.2) is 4.79 Å². The van der Waals surface area contributed by atoms with Crippen LogP contribution in [0.15, 0.2) is 18.2 Å². The van der Waals surface area contributed by atoms with Gasteiger partial charge in [0.1, 0.15) is 11.3 Å². The van der Waals surface area contributed by atoms with Gasteiger partial charge in [0.15, 0.2) is 0 Å². The summed E-state index contributed by atoms with van der Waals surface area (Å²) in [5.74, 6) is -0.595. The Balaban J connectivity index is 3.03. The second-order valence-corrected chi connectivity index (χ2v) is 3.55. The smallest absolute Gasteiger partial charge is 0.341 e. The average molecular weight is 236 g/mol. The Morgan fingerprint density at radius 2 is 1.94 bits per heavy atom. The Morgan fingerprint density at radius 1 is 1.24 bits per heavy atom. The molecule has 0 fully saturated rings. The van der Waals surface area contributed by atoms with Gasteiger partial charge in [-0.15, -0.1) is 0 Å². The van der Waals surface area contributed by atoms with Crippen LogP contribution in [-0.4, -0.2) is 18.5 Å². The molecule has 4 nitrogen and oxygen atoms in total. The number of hydrogen-bond donors (Lipinski definition) is 0. The summed E-state index contributed by atoms with van der Waals surface area (Å²) >= 11 is 0. The molecule has 0 N–H and O–H groups in total. The van der Waals surface area contributed by atoms with E-state index in [-0.39, 0.29) is 30.3 Å². The Bertz CT molecular complexity index is 423. The second-order valence-electron chi connectivity index (χ2n) is 3.55. The number of hydrogen-bond acceptors (Lipinski definition) is 4. The lowest BCUT2D eigenvalue weighted by Crippen LogP contribution is -2.12. The van der Waals surface area contributed by atoms with E-state index in [1.54, 1.807) is 32.0 Å². The van der Waals surface area contributed by atoms with Crippen molar-refractivity contribution in [3.05, 3.63) is 29.3 Å². The molecule has 0 aliphatic carbocycles. The molecular formula is C13H16O4. The van der Waals surface area contributed by atoms with Crippen molar-refractivity contribution in [3.8, 4) is 5.75 Å². The lowest BCUT2D eigenvalue weighted by molar-refractivity contribution is -0.134. The van der Waals surface area contributed by atoms with E-state index in [4.69, 9.17) is 9.47 Å². The van der Waals surface area contributed by atoms with Gasteiger partial charge in [0.25, 0.3) is 0 Å². The average Bonchev–Trinajstić information content (AvgIpc) is 2.29. The van der Waals surface area contributed by atoms with Crippen molar-refractivity contribution in [2.24, 2.45) is 0 Å². The Kier molecular flexibility index (Phi) is 4.69. The lowest BCUT2D eigenvalue weighted by Gasteiger charge is -2.09. The highest BCUT2D eigenvalue weighted by atomic mass is 16.5. The van der Waals surface area contributed by atoms with Crippen LogP contribution in [0.1, 0.15) is 36.2 Å². The van der Waals surface area contributed by atoms with E-state index in [0.29, 0.717) is 0 Å². The molecule has 0 bridgehead atoms. The van der Waals surface area contributed by atoms with Crippen molar-refractivity contribution in [1.29, 1.82) is 0 Å². The summed E-state index contributed by atoms with van der Waals surface area (Å²) in [5, 5.41) is 0. The van der Waals surface area contributed by atoms with Crippen molar-refractivity contribution in [3.63, 3.8) is 0 Å². The summed E-state index contributed by atoms with van der Waals surface area (Å²) in [4.78, 5) is 22.9. The third-order valence-electron chi connectivity index (χ3n) is 2.14. The number of esters is 2. The van der Waals surface area contributed by atoms with Gasteiger partial charge in [-0.1, -0.05) is 13.0 Å². The highest BCUT2D eigenvalue weighted by Crippen LogP contribution is 2.21. The van der Waals surface area contributed by atoms with E-state index in [9.17, 15) is 9.59 Å². The molecule has 0 saturated carbocycles. The van der Waals surface area contributed by atoms with E-state index in [1.807, 2.05) is 6.92 Å². The first-order valence-electron chi connectivity index (χ1n) is 5.57. The minimum atomic E-state index is -0.480. The monoisotopic (exact) mass is 236 g/mol. The zero-order valence-electron chi connectivity index (χ0n) is 10.3. The topological polar surface area (TPSA) is 52.6 Å². The van der Waals surface area contributed by atoms with Gasteiger partial charge in [-0.05, 0) is 31.5 Å². The molecule has 0 spiro atoms. The summed E-state index contributed by atoms with van der Waals surface area (Å²) in [6.07, 6.45) is 0.260. The molecule has 1 aromatic rings. The van der Waals surface area contributed by atoms with Crippen LogP contribution in [0.25, 0.3) is 0 Å². The summed E-state index contributed by atoms with van der Waals surface area (Å²) in [6, 6.07) is 5.03. The summed E-state index contributed by atoms with van der Waals surface area (Å²) in [6.45, 7) is 5.57. The van der Waals surface area contributed by atoms with Crippen LogP contribution in [-0.2, 0) is 9.53 Å². The predicted molar refractivity (Wildman–Crippen MR) is 63.1 cm³/mol. The quantitative estimate of drug-likeness (QED) is 0.595. The Labute approximate surface area is 101 Å². The van der Waals surface area contributed by atoms with Gasteiger partial charge in [-0.2, -0.15) is 0 Å². The van der Waals surface area contributed by atoms with Crippen LogP contribution >= 0.6 is 0 Å². The minimum absolute atomic E-state index is 0.260. The molecule has 0 atom stereocenters. The number of rotatable bonds is 4. The Hall–Kier alpha value is -1.84. The normalized spacial score (nSPS) is 9.82. The number of aryl methyl sites for hydroxylation is 1. The van der Waals surface area contributed by atoms with E-state index < -0.39 is 5.97 Å². The summed E-state index contributed by atoms with van der Waals surface area (Å²) < 4.78 is 10.00. The number of ether oxygens (including phenoxy) is 2. The van der Waals surface area contributed by atoms with E-state index >= 15 is 0 Å². The van der Waals surface area contributed by atoms with Crippen LogP contribution in [0.5, 0.6) is 5.75 Å². The molecule has 0 amide bonds. The van der Waals surface area contributed by atoms with Crippen molar-refractivity contribution < 1.29 is 19.1 Å². The first kappa shape index (κ1) is 13.2. The fourth-order valence-electron chi connectivity index (χ4n) is 1.29. The standard InChI is InChI=1S/C13H16O4/c1-4-12(14)17-11-8-9(3)6-7-10(11)13(15)16-5-2/h6-8H,4-5H2,1-3H3. The van der Waals surface area contributed by atoms with Crippen LogP contribution < -0.4 is 4.74 Å². The molecule has 4 heteroatoms. The zero-order chi connectivity index (χ0) is 12.8. The van der Waals surface area contributed by atoms with Gasteiger partial charge in [0.2, 0.25) is 0 Å². The van der Waals surface area contributed by atoms with Crippen molar-refractivity contribution >= 4 is 11.9 Å². The van der Waals surface area contributed by atoms with E-state index in [0.717, 1.165) is 5.56 Å². The molecule has 17 heavy (non-hydrogen) atoms. The molecule has 0 saturated heterocycles. The van der Waals surface area contributed by atoms with Gasteiger partial charge in [0, 0.05) is 6.42 Å². The molecule has 0 radical (unpaired) electrons. The van der Waals surface area contributed by atoms with Crippen molar-refractivity contribution in [2.45, 2.75) is 27.2 Å². The van der Waals surface area contributed by atoms with Gasteiger partial charge in [0.05, 0.1) is 6.61 Å². The van der Waals surface area contributed by atoms with Gasteiger partial charge >= 0.3 is 11.9 Å². The van der Waals surface area contributed by atoms with Crippen LogP contribution in [0.3, 0.4) is 0 Å². The lowest BCUT2D eigenvalue weighted by atomic mass is 10.1. The predicted octanol–water partition coefficient (Wildman–Crippen LogP) is 2.49. The number of benzene rings is 1. The third-order valence-corrected chi connectivity index (χ3v) is 2.14. The van der Waals surface area contributed by atoms with Crippen LogP contribution in [0.2, 0.25) is 0 Å². The molecule has 0 aliphatic heterocycles. The maximum absolute atomic E-state index is 11.6. The SMILES string of the molecule is CCOC(=O)c1ccc(C)cc1OC(=O)CC. The molecule has 1 aromatic carbocycles. The minimum Gasteiger partial charge on any atom is -0.462 e. The molecule has 0 aliphatic rings. The highest BCUT2D eigenvalue weighted by molar-refractivity contribution is 5.93. The van der Waals surface area contributed by atoms with Crippen LogP contribution in [0.4, 0.5) is 0 Å². The van der Waals surface area contributed by atoms with E-state index in [2.05, 4.69) is 0 Å². The van der Waals surface area contributed by atoms with Crippen molar-refractivity contribution in [1.82, 2.24) is 0 Å². The van der Waals surface area contributed by atoms with E-state index in [1.165, 1.54) is 0 Å². The molecule has 0 aromatic heterocycles. The van der Waals surface area contributed by atoms with Crippen molar-refractivity contribution in [2.75, 3.05) is 6.61 Å². The first-order chi connectivity index (χ1) is 8.08. The molecule has 1 rings (SSSR count). The van der Waals surface area contributed by atoms with Crippen LogP contribution in [0, 0.1) is 6.92 Å². The fourth-order valence-corrected chi connectivity index (χ4v) is 1.29. The third kappa shape index (κ3) is 3.59. The van der Waals surface area contributed by atoms with Gasteiger partial charge < -0.3 is 9.47 Å². The zero-order valence-corrected chi connectivity index (χ0v) is 10.3. The molecular weight excluding hydrogens is 220 g/mol. The maximum Gasteiger partial charge on any atom is 0.341 e. The largest absolute Gasteiger partial charge is 0.462 e. The highest BCUT2D eigenvalue weighted by Gasteiger charge is 2.15. The summed E-state index contributed by atoms with van der Waals surface area (Å²) in [5.41, 5.74) is 1.19.